The van der Waals surface area contributed by atoms with E-state index in [9.17, 15) is 4.79 Å². The van der Waals surface area contributed by atoms with E-state index >= 15 is 0 Å². The Morgan fingerprint density at radius 1 is 1.53 bits per heavy atom. The van der Waals surface area contributed by atoms with E-state index in [1.54, 1.807) is 18.4 Å². The Morgan fingerprint density at radius 3 is 3.00 bits per heavy atom. The fraction of sp³-hybridized carbons (Fsp3) is 0.636. The molecule has 0 spiro atoms. The Kier molecular flexibility index (Phi) is 6.76. The Hall–Kier alpha value is -0.980. The number of carbonyl (C=O) groups is 1. The monoisotopic (exact) mass is 257 g/mol. The number of aryl methyl sites for hydroxylation is 1. The fourth-order valence-corrected chi connectivity index (χ4v) is 1.94. The Morgan fingerprint density at radius 2 is 2.35 bits per heavy atom. The maximum atomic E-state index is 11.3. The first-order valence-corrected chi connectivity index (χ1v) is 6.47. The summed E-state index contributed by atoms with van der Waals surface area (Å²) in [6.45, 7) is 4.20. The molecule has 0 aromatic carbocycles. The van der Waals surface area contributed by atoms with Crippen molar-refractivity contribution in [1.29, 1.82) is 0 Å². The van der Waals surface area contributed by atoms with Crippen molar-refractivity contribution in [3.05, 3.63) is 16.1 Å². The quantitative estimate of drug-likeness (QED) is 0.660. The molecule has 0 saturated heterocycles. The highest BCUT2D eigenvalue weighted by Gasteiger charge is 2.01. The smallest absolute Gasteiger partial charge is 0.234 e. The molecule has 6 heteroatoms. The van der Waals surface area contributed by atoms with E-state index < -0.39 is 0 Å². The van der Waals surface area contributed by atoms with E-state index in [2.05, 4.69) is 21.0 Å². The molecule has 0 radical (unpaired) electrons. The lowest BCUT2D eigenvalue weighted by Gasteiger charge is -2.05. The van der Waals surface area contributed by atoms with Crippen LogP contribution in [0.5, 0.6) is 0 Å². The predicted molar refractivity (Wildman–Crippen MR) is 68.3 cm³/mol. The van der Waals surface area contributed by atoms with Gasteiger partial charge in [0.15, 0.2) is 0 Å². The van der Waals surface area contributed by atoms with Crippen LogP contribution in [-0.4, -0.2) is 44.2 Å². The summed E-state index contributed by atoms with van der Waals surface area (Å²) in [4.78, 5) is 15.6. The number of hydrogen-bond acceptors (Lipinski definition) is 5. The summed E-state index contributed by atoms with van der Waals surface area (Å²) in [6, 6.07) is 0. The summed E-state index contributed by atoms with van der Waals surface area (Å²) in [5, 5.41) is 8.96. The molecular weight excluding hydrogens is 238 g/mol. The second kappa shape index (κ2) is 8.16. The highest BCUT2D eigenvalue weighted by atomic mass is 32.1. The van der Waals surface area contributed by atoms with Gasteiger partial charge in [0.05, 0.1) is 23.9 Å². The molecule has 0 aliphatic heterocycles. The lowest BCUT2D eigenvalue weighted by atomic mass is 10.3. The Balaban J connectivity index is 2.02. The molecule has 0 saturated carbocycles. The van der Waals surface area contributed by atoms with E-state index in [-0.39, 0.29) is 5.91 Å². The van der Waals surface area contributed by atoms with Gasteiger partial charge in [0.2, 0.25) is 5.91 Å². The molecule has 1 amide bonds. The van der Waals surface area contributed by atoms with Crippen LogP contribution < -0.4 is 10.6 Å². The number of thiazole rings is 1. The predicted octanol–water partition coefficient (Wildman–Crippen LogP) is 0.346. The molecule has 0 bridgehead atoms. The lowest BCUT2D eigenvalue weighted by molar-refractivity contribution is -0.120. The van der Waals surface area contributed by atoms with E-state index in [1.807, 2.05) is 6.92 Å². The average molecular weight is 257 g/mol. The van der Waals surface area contributed by atoms with Crippen LogP contribution in [0.15, 0.2) is 5.38 Å². The number of nitrogens with one attached hydrogen (secondary N) is 2. The molecule has 1 aromatic rings. The van der Waals surface area contributed by atoms with Gasteiger partial charge in [-0.15, -0.1) is 11.3 Å². The zero-order valence-corrected chi connectivity index (χ0v) is 11.1. The first kappa shape index (κ1) is 14.1. The molecule has 17 heavy (non-hydrogen) atoms. The van der Waals surface area contributed by atoms with Crippen molar-refractivity contribution in [3.63, 3.8) is 0 Å². The maximum Gasteiger partial charge on any atom is 0.234 e. The minimum absolute atomic E-state index is 0.00323. The van der Waals surface area contributed by atoms with E-state index in [0.717, 1.165) is 23.7 Å². The van der Waals surface area contributed by atoms with Crippen LogP contribution in [-0.2, 0) is 16.0 Å². The van der Waals surface area contributed by atoms with E-state index in [0.29, 0.717) is 19.7 Å². The molecular formula is C11H19N3O2S. The third kappa shape index (κ3) is 6.35. The normalized spacial score (nSPS) is 10.5. The zero-order valence-electron chi connectivity index (χ0n) is 10.3. The number of amides is 1. The fourth-order valence-electron chi connectivity index (χ4n) is 1.30. The van der Waals surface area contributed by atoms with E-state index in [1.165, 1.54) is 0 Å². The summed E-state index contributed by atoms with van der Waals surface area (Å²) in [5.41, 5.74) is 1.08. The largest absolute Gasteiger partial charge is 0.383 e. The van der Waals surface area contributed by atoms with Crippen molar-refractivity contribution in [3.8, 4) is 0 Å². The number of ether oxygens (including phenoxy) is 1. The minimum atomic E-state index is -0.00323. The number of methoxy groups -OCH3 is 1. The van der Waals surface area contributed by atoms with E-state index in [4.69, 9.17) is 4.74 Å². The van der Waals surface area contributed by atoms with Crippen molar-refractivity contribution in [2.24, 2.45) is 0 Å². The second-order valence-electron chi connectivity index (χ2n) is 3.63. The molecule has 0 atom stereocenters. The van der Waals surface area contributed by atoms with Crippen LogP contribution in [0.25, 0.3) is 0 Å². The number of rotatable bonds is 8. The van der Waals surface area contributed by atoms with Gasteiger partial charge in [0, 0.05) is 32.0 Å². The molecule has 5 nitrogen and oxygen atoms in total. The highest BCUT2D eigenvalue weighted by molar-refractivity contribution is 7.09. The van der Waals surface area contributed by atoms with Crippen LogP contribution in [0, 0.1) is 6.92 Å². The molecule has 1 heterocycles. The molecule has 1 aromatic heterocycles. The van der Waals surface area contributed by atoms with Gasteiger partial charge in [0.25, 0.3) is 0 Å². The summed E-state index contributed by atoms with van der Waals surface area (Å²) < 4.78 is 4.84. The Bertz CT molecular complexity index is 341. The number of aromatic nitrogens is 1. The van der Waals surface area contributed by atoms with Gasteiger partial charge in [-0.2, -0.15) is 0 Å². The van der Waals surface area contributed by atoms with Crippen LogP contribution in [0.2, 0.25) is 0 Å². The van der Waals surface area contributed by atoms with Crippen LogP contribution in [0.1, 0.15) is 10.7 Å². The van der Waals surface area contributed by atoms with Crippen molar-refractivity contribution >= 4 is 17.2 Å². The van der Waals surface area contributed by atoms with Gasteiger partial charge in [-0.1, -0.05) is 0 Å². The van der Waals surface area contributed by atoms with Crippen molar-refractivity contribution in [2.45, 2.75) is 13.3 Å². The first-order valence-electron chi connectivity index (χ1n) is 5.59. The molecule has 0 unspecified atom stereocenters. The lowest BCUT2D eigenvalue weighted by Crippen LogP contribution is -2.36. The molecule has 1 rings (SSSR count). The summed E-state index contributed by atoms with van der Waals surface area (Å²) in [6.07, 6.45) is 0.857. The molecule has 2 N–H and O–H groups in total. The summed E-state index contributed by atoms with van der Waals surface area (Å²) in [7, 11) is 1.61. The second-order valence-corrected chi connectivity index (χ2v) is 4.69. The third-order valence-electron chi connectivity index (χ3n) is 2.14. The number of hydrogen-bond donors (Lipinski definition) is 2. The Labute approximate surface area is 106 Å². The van der Waals surface area contributed by atoms with Crippen molar-refractivity contribution < 1.29 is 9.53 Å². The van der Waals surface area contributed by atoms with Crippen molar-refractivity contribution in [2.75, 3.05) is 33.4 Å². The van der Waals surface area contributed by atoms with Gasteiger partial charge >= 0.3 is 0 Å². The summed E-state index contributed by atoms with van der Waals surface area (Å²) >= 11 is 1.65. The van der Waals surface area contributed by atoms with Gasteiger partial charge in [-0.25, -0.2) is 4.98 Å². The molecule has 0 aliphatic carbocycles. The SMILES string of the molecule is COCCNC(=O)CNCCc1csc(C)n1. The first-order chi connectivity index (χ1) is 8.22. The van der Waals surface area contributed by atoms with Crippen molar-refractivity contribution in [1.82, 2.24) is 15.6 Å². The molecule has 0 aliphatic rings. The third-order valence-corrected chi connectivity index (χ3v) is 2.96. The van der Waals surface area contributed by atoms with Gasteiger partial charge in [-0.3, -0.25) is 4.79 Å². The zero-order chi connectivity index (χ0) is 12.5. The average Bonchev–Trinajstić information content (AvgIpc) is 2.71. The molecule has 96 valence electrons. The minimum Gasteiger partial charge on any atom is -0.383 e. The molecule has 0 fully saturated rings. The van der Waals surface area contributed by atoms with Crippen LogP contribution >= 0.6 is 11.3 Å². The van der Waals surface area contributed by atoms with Crippen LogP contribution in [0.4, 0.5) is 0 Å². The number of carbonyl (C=O) groups excluding carboxylic acids is 1. The topological polar surface area (TPSA) is 63.2 Å². The van der Waals surface area contributed by atoms with Gasteiger partial charge in [0.1, 0.15) is 0 Å². The highest BCUT2D eigenvalue weighted by Crippen LogP contribution is 2.07. The number of nitrogens with zero attached hydrogens (tertiary/aromatic N) is 1. The summed E-state index contributed by atoms with van der Waals surface area (Å²) in [5.74, 6) is -0.00323. The van der Waals surface area contributed by atoms with Crippen LogP contribution in [0.3, 0.4) is 0 Å². The maximum absolute atomic E-state index is 11.3. The van der Waals surface area contributed by atoms with Gasteiger partial charge in [-0.05, 0) is 6.92 Å². The van der Waals surface area contributed by atoms with Gasteiger partial charge < -0.3 is 15.4 Å². The standard InChI is InChI=1S/C11H19N3O2S/c1-9-14-10(8-17-9)3-4-12-7-11(15)13-5-6-16-2/h8,12H,3-7H2,1-2H3,(H,13,15).